The average molecular weight is 252 g/mol. The Morgan fingerprint density at radius 1 is 1.47 bits per heavy atom. The fraction of sp³-hybridized carbons (Fsp3) is 0.500. The lowest BCUT2D eigenvalue weighted by Gasteiger charge is -2.09. The molecule has 17 heavy (non-hydrogen) atoms. The first kappa shape index (κ1) is 12.3. The molecular formula is C12H16N2O2S. The zero-order valence-electron chi connectivity index (χ0n) is 9.96. The van der Waals surface area contributed by atoms with Gasteiger partial charge in [0, 0.05) is 0 Å². The third kappa shape index (κ3) is 3.38. The van der Waals surface area contributed by atoms with Crippen molar-refractivity contribution in [3.8, 4) is 10.7 Å². The Hall–Kier alpha value is -1.20. The van der Waals surface area contributed by atoms with Crippen molar-refractivity contribution in [3.05, 3.63) is 23.4 Å². The van der Waals surface area contributed by atoms with Crippen molar-refractivity contribution in [2.24, 2.45) is 5.92 Å². The van der Waals surface area contributed by atoms with Gasteiger partial charge in [-0.3, -0.25) is 0 Å². The Morgan fingerprint density at radius 2 is 2.29 bits per heavy atom. The molecule has 0 aliphatic heterocycles. The van der Waals surface area contributed by atoms with E-state index in [-0.39, 0.29) is 0 Å². The number of aromatic nitrogens is 2. The van der Waals surface area contributed by atoms with Crippen LogP contribution in [0.2, 0.25) is 0 Å². The molecule has 0 saturated carbocycles. The molecule has 0 aliphatic rings. The van der Waals surface area contributed by atoms with Gasteiger partial charge in [0.1, 0.15) is 0 Å². The molecule has 1 unspecified atom stereocenters. The minimum atomic E-state index is -0.411. The number of aliphatic hydroxyl groups is 1. The summed E-state index contributed by atoms with van der Waals surface area (Å²) in [6, 6.07) is 3.90. The van der Waals surface area contributed by atoms with Crippen molar-refractivity contribution in [2.75, 3.05) is 0 Å². The molecule has 0 radical (unpaired) electrons. The van der Waals surface area contributed by atoms with Gasteiger partial charge in [0.15, 0.2) is 0 Å². The Bertz CT molecular complexity index is 451. The summed E-state index contributed by atoms with van der Waals surface area (Å²) in [4.78, 5) is 5.26. The van der Waals surface area contributed by atoms with Gasteiger partial charge in [-0.1, -0.05) is 25.1 Å². The number of hydrogen-bond donors (Lipinski definition) is 1. The average Bonchev–Trinajstić information content (AvgIpc) is 2.84. The van der Waals surface area contributed by atoms with Crippen LogP contribution in [0.3, 0.4) is 0 Å². The highest BCUT2D eigenvalue weighted by molar-refractivity contribution is 7.13. The van der Waals surface area contributed by atoms with Gasteiger partial charge in [0.2, 0.25) is 11.7 Å². The first-order valence-corrected chi connectivity index (χ1v) is 6.57. The molecule has 0 aromatic carbocycles. The Labute approximate surface area is 104 Å². The first-order valence-electron chi connectivity index (χ1n) is 5.69. The van der Waals surface area contributed by atoms with Crippen molar-refractivity contribution >= 4 is 11.3 Å². The van der Waals surface area contributed by atoms with Crippen molar-refractivity contribution in [3.63, 3.8) is 0 Å². The standard InChI is InChI=1S/C12H16N2O2S/c1-8(2)6-9(15)7-11-13-12(14-16-11)10-4-3-5-17-10/h3-5,8-9,15H,6-7H2,1-2H3. The SMILES string of the molecule is CC(C)CC(O)Cc1nc(-c2cccs2)no1. The zero-order chi connectivity index (χ0) is 12.3. The summed E-state index contributed by atoms with van der Waals surface area (Å²) in [7, 11) is 0. The van der Waals surface area contributed by atoms with Crippen molar-refractivity contribution in [1.82, 2.24) is 10.1 Å². The van der Waals surface area contributed by atoms with Gasteiger partial charge in [-0.15, -0.1) is 11.3 Å². The number of rotatable bonds is 5. The van der Waals surface area contributed by atoms with E-state index in [1.807, 2.05) is 17.5 Å². The van der Waals surface area contributed by atoms with E-state index in [1.165, 1.54) is 0 Å². The van der Waals surface area contributed by atoms with E-state index < -0.39 is 6.10 Å². The van der Waals surface area contributed by atoms with Crippen molar-refractivity contribution < 1.29 is 9.63 Å². The van der Waals surface area contributed by atoms with E-state index in [4.69, 9.17) is 4.52 Å². The summed E-state index contributed by atoms with van der Waals surface area (Å²) in [5.74, 6) is 1.57. The molecule has 0 fully saturated rings. The largest absolute Gasteiger partial charge is 0.393 e. The molecular weight excluding hydrogens is 236 g/mol. The van der Waals surface area contributed by atoms with Crippen LogP contribution in [0.1, 0.15) is 26.2 Å². The van der Waals surface area contributed by atoms with Crippen LogP contribution < -0.4 is 0 Å². The highest BCUT2D eigenvalue weighted by atomic mass is 32.1. The van der Waals surface area contributed by atoms with Gasteiger partial charge in [-0.05, 0) is 23.8 Å². The van der Waals surface area contributed by atoms with Crippen LogP contribution in [0.5, 0.6) is 0 Å². The molecule has 2 aromatic heterocycles. The number of nitrogens with zero attached hydrogens (tertiary/aromatic N) is 2. The summed E-state index contributed by atoms with van der Waals surface area (Å²) < 4.78 is 5.13. The lowest BCUT2D eigenvalue weighted by atomic mass is 10.0. The van der Waals surface area contributed by atoms with E-state index in [0.29, 0.717) is 24.1 Å². The molecule has 5 heteroatoms. The fourth-order valence-corrected chi connectivity index (χ4v) is 2.32. The van der Waals surface area contributed by atoms with E-state index in [9.17, 15) is 5.11 Å². The summed E-state index contributed by atoms with van der Waals surface area (Å²) in [5.41, 5.74) is 0. The molecule has 1 atom stereocenters. The monoisotopic (exact) mass is 252 g/mol. The first-order chi connectivity index (χ1) is 8.15. The maximum Gasteiger partial charge on any atom is 0.229 e. The number of thiophene rings is 1. The van der Waals surface area contributed by atoms with E-state index in [0.717, 1.165) is 11.3 Å². The second kappa shape index (κ2) is 5.42. The molecule has 1 N–H and O–H groups in total. The molecule has 0 spiro atoms. The van der Waals surface area contributed by atoms with Crippen LogP contribution in [-0.2, 0) is 6.42 Å². The van der Waals surface area contributed by atoms with Crippen LogP contribution >= 0.6 is 11.3 Å². The molecule has 2 rings (SSSR count). The quantitative estimate of drug-likeness (QED) is 0.889. The van der Waals surface area contributed by atoms with Crippen molar-refractivity contribution in [1.29, 1.82) is 0 Å². The van der Waals surface area contributed by atoms with Gasteiger partial charge >= 0.3 is 0 Å². The molecule has 2 heterocycles. The maximum absolute atomic E-state index is 9.79. The highest BCUT2D eigenvalue weighted by Gasteiger charge is 2.14. The Kier molecular flexibility index (Phi) is 3.91. The van der Waals surface area contributed by atoms with Gasteiger partial charge in [0.25, 0.3) is 0 Å². The number of hydrogen-bond acceptors (Lipinski definition) is 5. The van der Waals surface area contributed by atoms with Gasteiger partial charge in [-0.25, -0.2) is 0 Å². The summed E-state index contributed by atoms with van der Waals surface area (Å²) in [6.45, 7) is 4.15. The van der Waals surface area contributed by atoms with E-state index in [1.54, 1.807) is 11.3 Å². The third-order valence-electron chi connectivity index (χ3n) is 2.36. The minimum absolute atomic E-state index is 0.411. The second-order valence-electron chi connectivity index (χ2n) is 4.48. The highest BCUT2D eigenvalue weighted by Crippen LogP contribution is 2.21. The second-order valence-corrected chi connectivity index (χ2v) is 5.42. The van der Waals surface area contributed by atoms with Crippen LogP contribution in [0, 0.1) is 5.92 Å². The molecule has 4 nitrogen and oxygen atoms in total. The van der Waals surface area contributed by atoms with Gasteiger partial charge in [-0.2, -0.15) is 4.98 Å². The van der Waals surface area contributed by atoms with Gasteiger partial charge in [0.05, 0.1) is 17.4 Å². The van der Waals surface area contributed by atoms with Gasteiger partial charge < -0.3 is 9.63 Å². The predicted octanol–water partition coefficient (Wildman–Crippen LogP) is 2.75. The third-order valence-corrected chi connectivity index (χ3v) is 3.23. The molecule has 92 valence electrons. The van der Waals surface area contributed by atoms with Crippen LogP contribution in [0.4, 0.5) is 0 Å². The summed E-state index contributed by atoms with van der Waals surface area (Å²) >= 11 is 1.57. The number of aliphatic hydroxyl groups excluding tert-OH is 1. The Balaban J connectivity index is 1.99. The molecule has 0 saturated heterocycles. The normalized spacial score (nSPS) is 13.2. The maximum atomic E-state index is 9.79. The smallest absolute Gasteiger partial charge is 0.229 e. The lowest BCUT2D eigenvalue weighted by molar-refractivity contribution is 0.138. The summed E-state index contributed by atoms with van der Waals surface area (Å²) in [6.07, 6.45) is 0.763. The topological polar surface area (TPSA) is 59.2 Å². The van der Waals surface area contributed by atoms with Crippen LogP contribution in [0.15, 0.2) is 22.0 Å². The molecule has 0 bridgehead atoms. The van der Waals surface area contributed by atoms with Crippen LogP contribution in [0.25, 0.3) is 10.7 Å². The molecule has 0 aliphatic carbocycles. The molecule has 0 amide bonds. The lowest BCUT2D eigenvalue weighted by Crippen LogP contribution is -2.13. The summed E-state index contributed by atoms with van der Waals surface area (Å²) in [5, 5.41) is 15.7. The van der Waals surface area contributed by atoms with Crippen LogP contribution in [-0.4, -0.2) is 21.4 Å². The van der Waals surface area contributed by atoms with Crippen molar-refractivity contribution in [2.45, 2.75) is 32.8 Å². The predicted molar refractivity (Wildman–Crippen MR) is 66.8 cm³/mol. The zero-order valence-corrected chi connectivity index (χ0v) is 10.8. The minimum Gasteiger partial charge on any atom is -0.393 e. The fourth-order valence-electron chi connectivity index (χ4n) is 1.67. The molecule has 2 aromatic rings. The Morgan fingerprint density at radius 3 is 2.94 bits per heavy atom. The van der Waals surface area contributed by atoms with E-state index in [2.05, 4.69) is 24.0 Å². The van der Waals surface area contributed by atoms with E-state index >= 15 is 0 Å².